The number of rotatable bonds is 5. The summed E-state index contributed by atoms with van der Waals surface area (Å²) in [6, 6.07) is 8.17. The maximum atomic E-state index is 12.7. The number of amides is 2. The van der Waals surface area contributed by atoms with Crippen LogP contribution in [0.15, 0.2) is 35.1 Å². The summed E-state index contributed by atoms with van der Waals surface area (Å²) in [5.41, 5.74) is 6.10. The molecule has 0 unspecified atom stereocenters. The van der Waals surface area contributed by atoms with Gasteiger partial charge in [0.15, 0.2) is 0 Å². The van der Waals surface area contributed by atoms with Crippen molar-refractivity contribution in [1.29, 1.82) is 0 Å². The van der Waals surface area contributed by atoms with Crippen molar-refractivity contribution in [2.75, 3.05) is 32.0 Å². The van der Waals surface area contributed by atoms with Gasteiger partial charge in [0.25, 0.3) is 17.4 Å². The third-order valence-corrected chi connectivity index (χ3v) is 5.17. The second-order valence-corrected chi connectivity index (χ2v) is 6.99. The number of ether oxygens (including phenoxy) is 1. The maximum Gasteiger partial charge on any atom is 0.262 e. The Morgan fingerprint density at radius 2 is 1.79 bits per heavy atom. The van der Waals surface area contributed by atoms with E-state index in [0.29, 0.717) is 18.0 Å². The van der Waals surface area contributed by atoms with E-state index in [2.05, 4.69) is 10.2 Å². The number of piperidine rings is 1. The first-order chi connectivity index (χ1) is 13.6. The fourth-order valence-electron chi connectivity index (χ4n) is 3.76. The normalized spacial score (nSPS) is 16.7. The number of para-hydroxylation sites is 2. The SMILES string of the molecule is Nc1c2c(cc(=O)n1-c1ccccc1OCCN1CCCCC1)C(=O)NC2=O. The molecule has 0 spiro atoms. The number of carbonyl (C=O) groups excluding carboxylic acids is 2. The molecule has 3 heterocycles. The van der Waals surface area contributed by atoms with Crippen LogP contribution in [0.5, 0.6) is 5.75 Å². The van der Waals surface area contributed by atoms with Crippen molar-refractivity contribution in [3.05, 3.63) is 51.8 Å². The summed E-state index contributed by atoms with van der Waals surface area (Å²) >= 11 is 0. The Labute approximate surface area is 161 Å². The highest BCUT2D eigenvalue weighted by atomic mass is 16.5. The summed E-state index contributed by atoms with van der Waals surface area (Å²) in [5, 5.41) is 2.17. The van der Waals surface area contributed by atoms with Crippen LogP contribution in [0.25, 0.3) is 5.69 Å². The molecule has 1 aromatic carbocycles. The van der Waals surface area contributed by atoms with Crippen LogP contribution in [0, 0.1) is 0 Å². The lowest BCUT2D eigenvalue weighted by Gasteiger charge is -2.26. The first-order valence-corrected chi connectivity index (χ1v) is 9.42. The average Bonchev–Trinajstić information content (AvgIpc) is 2.97. The first-order valence-electron chi connectivity index (χ1n) is 9.42. The lowest BCUT2D eigenvalue weighted by Crippen LogP contribution is -2.33. The molecule has 3 N–H and O–H groups in total. The van der Waals surface area contributed by atoms with Crippen molar-refractivity contribution in [3.8, 4) is 11.4 Å². The molecule has 4 rings (SSSR count). The topological polar surface area (TPSA) is 107 Å². The Bertz CT molecular complexity index is 992. The fourth-order valence-corrected chi connectivity index (χ4v) is 3.76. The van der Waals surface area contributed by atoms with Gasteiger partial charge in [-0.25, -0.2) is 0 Å². The zero-order valence-electron chi connectivity index (χ0n) is 15.4. The third-order valence-electron chi connectivity index (χ3n) is 5.17. The molecule has 8 nitrogen and oxygen atoms in total. The molecule has 0 bridgehead atoms. The van der Waals surface area contributed by atoms with E-state index in [1.165, 1.54) is 23.8 Å². The van der Waals surface area contributed by atoms with Gasteiger partial charge in [0.1, 0.15) is 18.2 Å². The predicted molar refractivity (Wildman–Crippen MR) is 104 cm³/mol. The van der Waals surface area contributed by atoms with Crippen LogP contribution in [0.4, 0.5) is 5.82 Å². The summed E-state index contributed by atoms with van der Waals surface area (Å²) < 4.78 is 7.16. The van der Waals surface area contributed by atoms with Crippen LogP contribution in [-0.4, -0.2) is 47.5 Å². The number of nitrogens with one attached hydrogen (secondary N) is 1. The third kappa shape index (κ3) is 3.27. The second-order valence-electron chi connectivity index (χ2n) is 6.99. The molecule has 0 radical (unpaired) electrons. The molecule has 8 heteroatoms. The number of nitrogens with zero attached hydrogens (tertiary/aromatic N) is 2. The summed E-state index contributed by atoms with van der Waals surface area (Å²) in [4.78, 5) is 38.9. The fraction of sp³-hybridized carbons (Fsp3) is 0.350. The van der Waals surface area contributed by atoms with Gasteiger partial charge in [-0.3, -0.25) is 29.2 Å². The van der Waals surface area contributed by atoms with Gasteiger partial charge in [0.2, 0.25) is 0 Å². The number of fused-ring (bicyclic) bond motifs is 1. The van der Waals surface area contributed by atoms with E-state index in [1.54, 1.807) is 18.2 Å². The minimum Gasteiger partial charge on any atom is -0.490 e. The smallest absolute Gasteiger partial charge is 0.262 e. The molecule has 2 aliphatic heterocycles. The minimum atomic E-state index is -0.609. The molecule has 0 atom stereocenters. The Morgan fingerprint density at radius 1 is 1.04 bits per heavy atom. The molecule has 28 heavy (non-hydrogen) atoms. The monoisotopic (exact) mass is 382 g/mol. The number of likely N-dealkylation sites (tertiary alicyclic amines) is 1. The molecular formula is C20H22N4O4. The van der Waals surface area contributed by atoms with Crippen molar-refractivity contribution in [1.82, 2.24) is 14.8 Å². The van der Waals surface area contributed by atoms with Gasteiger partial charge >= 0.3 is 0 Å². The number of pyridine rings is 1. The van der Waals surface area contributed by atoms with Crippen molar-refractivity contribution in [3.63, 3.8) is 0 Å². The summed E-state index contributed by atoms with van der Waals surface area (Å²) in [5.74, 6) is -0.785. The van der Waals surface area contributed by atoms with Gasteiger partial charge in [-0.15, -0.1) is 0 Å². The lowest BCUT2D eigenvalue weighted by atomic mass is 10.1. The molecule has 1 aromatic heterocycles. The molecule has 1 fully saturated rings. The molecule has 146 valence electrons. The van der Waals surface area contributed by atoms with E-state index in [0.717, 1.165) is 25.7 Å². The van der Waals surface area contributed by atoms with Gasteiger partial charge in [0.05, 0.1) is 16.8 Å². The largest absolute Gasteiger partial charge is 0.490 e. The van der Waals surface area contributed by atoms with Gasteiger partial charge in [-0.1, -0.05) is 18.6 Å². The van der Waals surface area contributed by atoms with E-state index in [1.807, 2.05) is 6.07 Å². The van der Waals surface area contributed by atoms with E-state index >= 15 is 0 Å². The van der Waals surface area contributed by atoms with E-state index < -0.39 is 17.4 Å². The van der Waals surface area contributed by atoms with E-state index in [4.69, 9.17) is 10.5 Å². The average molecular weight is 382 g/mol. The molecule has 2 aliphatic rings. The standard InChI is InChI=1S/C20H22N4O4/c21-18-17-13(19(26)22-20(17)27)12-16(25)24(18)14-6-2-3-7-15(14)28-11-10-23-8-4-1-5-9-23/h2-3,6-7,12H,1,4-5,8-11,21H2,(H,22,26,27). The number of anilines is 1. The van der Waals surface area contributed by atoms with Crippen LogP contribution in [0.2, 0.25) is 0 Å². The Kier molecular flexibility index (Phi) is 4.87. The summed E-state index contributed by atoms with van der Waals surface area (Å²) in [6.07, 6.45) is 3.69. The predicted octanol–water partition coefficient (Wildman–Crippen LogP) is 1.17. The van der Waals surface area contributed by atoms with Gasteiger partial charge in [-0.05, 0) is 38.1 Å². The van der Waals surface area contributed by atoms with Crippen LogP contribution in [0.3, 0.4) is 0 Å². The molecule has 0 saturated carbocycles. The van der Waals surface area contributed by atoms with Gasteiger partial charge in [0, 0.05) is 12.6 Å². The molecule has 0 aliphatic carbocycles. The van der Waals surface area contributed by atoms with E-state index in [9.17, 15) is 14.4 Å². The minimum absolute atomic E-state index is 0.00671. The summed E-state index contributed by atoms with van der Waals surface area (Å²) in [6.45, 7) is 3.44. The van der Waals surface area contributed by atoms with Crippen molar-refractivity contribution >= 4 is 17.6 Å². The van der Waals surface area contributed by atoms with Crippen molar-refractivity contribution in [2.24, 2.45) is 0 Å². The molecular weight excluding hydrogens is 360 g/mol. The van der Waals surface area contributed by atoms with Crippen molar-refractivity contribution < 1.29 is 14.3 Å². The Balaban J connectivity index is 1.64. The number of nitrogens with two attached hydrogens (primary N) is 1. The van der Waals surface area contributed by atoms with Gasteiger partial charge in [-0.2, -0.15) is 0 Å². The highest BCUT2D eigenvalue weighted by Crippen LogP contribution is 2.27. The number of aromatic nitrogens is 1. The highest BCUT2D eigenvalue weighted by molar-refractivity contribution is 6.23. The number of carbonyl (C=O) groups is 2. The first kappa shape index (κ1) is 18.2. The Morgan fingerprint density at radius 3 is 2.57 bits per heavy atom. The second kappa shape index (κ2) is 7.47. The van der Waals surface area contributed by atoms with E-state index in [-0.39, 0.29) is 16.9 Å². The number of hydrogen-bond donors (Lipinski definition) is 2. The Hall–Kier alpha value is -3.13. The van der Waals surface area contributed by atoms with Crippen LogP contribution in [-0.2, 0) is 0 Å². The number of imide groups is 1. The zero-order chi connectivity index (χ0) is 19.7. The van der Waals surface area contributed by atoms with Crippen molar-refractivity contribution in [2.45, 2.75) is 19.3 Å². The summed E-state index contributed by atoms with van der Waals surface area (Å²) in [7, 11) is 0. The van der Waals surface area contributed by atoms with Crippen LogP contribution in [0.1, 0.15) is 40.0 Å². The quantitative estimate of drug-likeness (QED) is 0.752. The molecule has 2 aromatic rings. The molecule has 1 saturated heterocycles. The maximum absolute atomic E-state index is 12.7. The highest BCUT2D eigenvalue weighted by Gasteiger charge is 2.32. The number of benzene rings is 1. The zero-order valence-corrected chi connectivity index (χ0v) is 15.4. The number of hydrogen-bond acceptors (Lipinski definition) is 6. The lowest BCUT2D eigenvalue weighted by molar-refractivity contribution is 0.0880. The van der Waals surface area contributed by atoms with Gasteiger partial charge < -0.3 is 10.5 Å². The van der Waals surface area contributed by atoms with Crippen LogP contribution >= 0.6 is 0 Å². The molecule has 2 amide bonds. The van der Waals surface area contributed by atoms with Crippen LogP contribution < -0.4 is 21.3 Å². The number of nitrogen functional groups attached to an aromatic ring is 1.